The summed E-state index contributed by atoms with van der Waals surface area (Å²) < 4.78 is 10.1. The molecule has 0 unspecified atom stereocenters. The van der Waals surface area contributed by atoms with Crippen molar-refractivity contribution >= 4 is 17.9 Å². The van der Waals surface area contributed by atoms with E-state index in [2.05, 4.69) is 5.32 Å². The zero-order chi connectivity index (χ0) is 19.2. The maximum absolute atomic E-state index is 12.3. The topological polar surface area (TPSA) is 84.9 Å². The molecular weight excluding hydrogens is 346 g/mol. The van der Waals surface area contributed by atoms with Crippen molar-refractivity contribution in [1.82, 2.24) is 0 Å². The molecule has 0 bridgehead atoms. The Morgan fingerprint density at radius 2 is 1.56 bits per heavy atom. The predicted octanol–water partition coefficient (Wildman–Crippen LogP) is 5.33. The van der Waals surface area contributed by atoms with E-state index in [-0.39, 0.29) is 5.75 Å². The van der Waals surface area contributed by atoms with Crippen molar-refractivity contribution < 1.29 is 24.2 Å². The van der Waals surface area contributed by atoms with Gasteiger partial charge in [0.15, 0.2) is 0 Å². The van der Waals surface area contributed by atoms with Crippen LogP contribution in [0, 0.1) is 6.92 Å². The van der Waals surface area contributed by atoms with Crippen LogP contribution in [0.15, 0.2) is 72.8 Å². The molecule has 3 rings (SSSR count). The molecule has 0 aliphatic rings. The van der Waals surface area contributed by atoms with Crippen molar-refractivity contribution in [2.75, 3.05) is 5.32 Å². The molecule has 0 spiro atoms. The minimum Gasteiger partial charge on any atom is -0.449 e. The molecule has 3 aromatic rings. The smallest absolute Gasteiger partial charge is 0.449 e. The molecule has 6 heteroatoms. The summed E-state index contributed by atoms with van der Waals surface area (Å²) in [5.41, 5.74) is 2.56. The third-order valence-corrected chi connectivity index (χ3v) is 3.74. The van der Waals surface area contributed by atoms with E-state index in [0.717, 1.165) is 5.56 Å². The third kappa shape index (κ3) is 4.64. The summed E-state index contributed by atoms with van der Waals surface area (Å²) in [7, 11) is 0. The number of carbonyl (C=O) groups is 2. The Kier molecular flexibility index (Phi) is 5.37. The normalized spacial score (nSPS) is 10.1. The Labute approximate surface area is 156 Å². The van der Waals surface area contributed by atoms with Gasteiger partial charge in [0, 0.05) is 11.1 Å². The summed E-state index contributed by atoms with van der Waals surface area (Å²) >= 11 is 0. The van der Waals surface area contributed by atoms with Gasteiger partial charge in [0.25, 0.3) is 0 Å². The van der Waals surface area contributed by atoms with Gasteiger partial charge in [-0.1, -0.05) is 48.5 Å². The van der Waals surface area contributed by atoms with Crippen LogP contribution in [0.2, 0.25) is 0 Å². The summed E-state index contributed by atoms with van der Waals surface area (Å²) in [6, 6.07) is 20.8. The molecule has 0 heterocycles. The lowest BCUT2D eigenvalue weighted by Gasteiger charge is -2.14. The Balaban J connectivity index is 1.92. The second-order valence-electron chi connectivity index (χ2n) is 5.74. The van der Waals surface area contributed by atoms with Crippen LogP contribution in [-0.4, -0.2) is 17.4 Å². The van der Waals surface area contributed by atoms with Gasteiger partial charge in [-0.15, -0.1) is 0 Å². The van der Waals surface area contributed by atoms with Gasteiger partial charge >= 0.3 is 12.2 Å². The molecule has 2 N–H and O–H groups in total. The molecule has 0 radical (unpaired) electrons. The highest BCUT2D eigenvalue weighted by atomic mass is 16.7. The van der Waals surface area contributed by atoms with Gasteiger partial charge in [-0.25, -0.2) is 9.59 Å². The fraction of sp³-hybridized carbons (Fsp3) is 0.0476. The van der Waals surface area contributed by atoms with Crippen LogP contribution in [0.1, 0.15) is 5.56 Å². The lowest BCUT2D eigenvalue weighted by Crippen LogP contribution is -2.17. The zero-order valence-electron chi connectivity index (χ0n) is 14.5. The molecule has 0 saturated carbocycles. The van der Waals surface area contributed by atoms with E-state index in [4.69, 9.17) is 14.6 Å². The number of rotatable bonds is 4. The number of benzene rings is 3. The van der Waals surface area contributed by atoms with Gasteiger partial charge in [-0.3, -0.25) is 5.32 Å². The number of carboxylic acid groups (broad SMARTS) is 1. The molecule has 27 heavy (non-hydrogen) atoms. The minimum absolute atomic E-state index is 0.174. The number of hydrogen-bond donors (Lipinski definition) is 2. The second-order valence-corrected chi connectivity index (χ2v) is 5.74. The van der Waals surface area contributed by atoms with Crippen LogP contribution in [0.5, 0.6) is 11.5 Å². The average molecular weight is 363 g/mol. The molecular formula is C21H17NO5. The SMILES string of the molecule is Cc1ccc(-c2ccccc2OC(=O)O)c(NC(=O)Oc2ccccc2)c1. The van der Waals surface area contributed by atoms with Crippen molar-refractivity contribution in [3.8, 4) is 22.6 Å². The van der Waals surface area contributed by atoms with Crippen LogP contribution in [-0.2, 0) is 0 Å². The molecule has 0 atom stereocenters. The fourth-order valence-electron chi connectivity index (χ4n) is 2.60. The predicted molar refractivity (Wildman–Crippen MR) is 101 cm³/mol. The summed E-state index contributed by atoms with van der Waals surface area (Å²) in [5, 5.41) is 11.7. The summed E-state index contributed by atoms with van der Waals surface area (Å²) in [6.45, 7) is 1.89. The molecule has 0 aromatic heterocycles. The van der Waals surface area contributed by atoms with Crippen LogP contribution in [0.25, 0.3) is 11.1 Å². The highest BCUT2D eigenvalue weighted by Gasteiger charge is 2.15. The van der Waals surface area contributed by atoms with Crippen molar-refractivity contribution in [2.24, 2.45) is 0 Å². The third-order valence-electron chi connectivity index (χ3n) is 3.74. The monoisotopic (exact) mass is 363 g/mol. The van der Waals surface area contributed by atoms with E-state index in [1.807, 2.05) is 19.1 Å². The number of ether oxygens (including phenoxy) is 2. The van der Waals surface area contributed by atoms with Gasteiger partial charge in [-0.2, -0.15) is 0 Å². The van der Waals surface area contributed by atoms with Gasteiger partial charge in [0.05, 0.1) is 5.69 Å². The number of anilines is 1. The van der Waals surface area contributed by atoms with Crippen LogP contribution in [0.4, 0.5) is 15.3 Å². The van der Waals surface area contributed by atoms with E-state index >= 15 is 0 Å². The maximum atomic E-state index is 12.3. The Hall–Kier alpha value is -3.80. The van der Waals surface area contributed by atoms with E-state index in [0.29, 0.717) is 22.6 Å². The number of carbonyl (C=O) groups excluding carboxylic acids is 1. The summed E-state index contributed by atoms with van der Waals surface area (Å²) in [6.07, 6.45) is -2.06. The molecule has 0 aliphatic carbocycles. The van der Waals surface area contributed by atoms with Gasteiger partial charge in [-0.05, 0) is 36.8 Å². The van der Waals surface area contributed by atoms with E-state index in [9.17, 15) is 9.59 Å². The van der Waals surface area contributed by atoms with Gasteiger partial charge in [0.1, 0.15) is 11.5 Å². The van der Waals surface area contributed by atoms with Crippen LogP contribution < -0.4 is 14.8 Å². The van der Waals surface area contributed by atoms with Crippen molar-refractivity contribution in [3.63, 3.8) is 0 Å². The summed E-state index contributed by atoms with van der Waals surface area (Å²) in [4.78, 5) is 23.2. The first-order chi connectivity index (χ1) is 13.0. The van der Waals surface area contributed by atoms with Crippen molar-refractivity contribution in [3.05, 3.63) is 78.4 Å². The van der Waals surface area contributed by atoms with Crippen LogP contribution >= 0.6 is 0 Å². The highest BCUT2D eigenvalue weighted by molar-refractivity contribution is 5.94. The largest absolute Gasteiger partial charge is 0.511 e. The molecule has 0 saturated heterocycles. The molecule has 3 aromatic carbocycles. The first kappa shape index (κ1) is 18.0. The fourth-order valence-corrected chi connectivity index (χ4v) is 2.60. The van der Waals surface area contributed by atoms with Gasteiger partial charge in [0.2, 0.25) is 0 Å². The average Bonchev–Trinajstić information content (AvgIpc) is 2.63. The number of nitrogens with one attached hydrogen (secondary N) is 1. The molecule has 1 amide bonds. The zero-order valence-corrected chi connectivity index (χ0v) is 14.5. The lowest BCUT2D eigenvalue weighted by molar-refractivity contribution is 0.144. The van der Waals surface area contributed by atoms with Crippen LogP contribution in [0.3, 0.4) is 0 Å². The first-order valence-electron chi connectivity index (χ1n) is 8.17. The minimum atomic E-state index is -1.41. The van der Waals surface area contributed by atoms with E-state index < -0.39 is 12.2 Å². The standard InChI is InChI=1S/C21H17NO5/c1-14-11-12-16(17-9-5-6-10-19(17)27-21(24)25)18(13-14)22-20(23)26-15-7-3-2-4-8-15/h2-13H,1H3,(H,22,23)(H,24,25). The Morgan fingerprint density at radius 3 is 2.30 bits per heavy atom. The quantitative estimate of drug-likeness (QED) is 0.483. The van der Waals surface area contributed by atoms with E-state index in [1.165, 1.54) is 0 Å². The molecule has 0 fully saturated rings. The lowest BCUT2D eigenvalue weighted by atomic mass is 10.0. The summed E-state index contributed by atoms with van der Waals surface area (Å²) in [5.74, 6) is 0.590. The first-order valence-corrected chi connectivity index (χ1v) is 8.17. The number of aryl methyl sites for hydroxylation is 1. The Morgan fingerprint density at radius 1 is 0.852 bits per heavy atom. The number of para-hydroxylation sites is 2. The van der Waals surface area contributed by atoms with Crippen molar-refractivity contribution in [2.45, 2.75) is 6.92 Å². The van der Waals surface area contributed by atoms with Gasteiger partial charge < -0.3 is 14.6 Å². The maximum Gasteiger partial charge on any atom is 0.511 e. The Bertz CT molecular complexity index is 969. The van der Waals surface area contributed by atoms with Crippen molar-refractivity contribution in [1.29, 1.82) is 0 Å². The number of hydrogen-bond acceptors (Lipinski definition) is 4. The number of amides is 1. The second kappa shape index (κ2) is 8.05. The highest BCUT2D eigenvalue weighted by Crippen LogP contribution is 2.35. The van der Waals surface area contributed by atoms with E-state index in [1.54, 1.807) is 60.7 Å². The molecule has 136 valence electrons. The molecule has 0 aliphatic heterocycles. The molecule has 6 nitrogen and oxygen atoms in total.